The number of carbonyl (C=O) groups is 1. The van der Waals surface area contributed by atoms with Gasteiger partial charge in [0.05, 0.1) is 15.8 Å². The SMILES string of the molecule is C=C(COc1c(I)ccc2c1OC(F)(F)O2)C(=O)OCC. The van der Waals surface area contributed by atoms with E-state index >= 15 is 0 Å². The lowest BCUT2D eigenvalue weighted by atomic mass is 10.3. The molecule has 114 valence electrons. The summed E-state index contributed by atoms with van der Waals surface area (Å²) in [6.07, 6.45) is -3.73. The minimum absolute atomic E-state index is 0.0655. The number of alkyl halides is 2. The van der Waals surface area contributed by atoms with Gasteiger partial charge in [0.25, 0.3) is 0 Å². The third-order valence-corrected chi connectivity index (χ3v) is 3.28. The van der Waals surface area contributed by atoms with Gasteiger partial charge in [-0.05, 0) is 41.6 Å². The molecular formula is C13H11F2IO5. The van der Waals surface area contributed by atoms with Crippen molar-refractivity contribution in [1.82, 2.24) is 0 Å². The number of esters is 1. The zero-order valence-electron chi connectivity index (χ0n) is 11.0. The molecule has 0 aliphatic carbocycles. The lowest BCUT2D eigenvalue weighted by Gasteiger charge is -2.11. The van der Waals surface area contributed by atoms with Crippen LogP contribution in [0.1, 0.15) is 6.92 Å². The maximum atomic E-state index is 13.1. The van der Waals surface area contributed by atoms with Gasteiger partial charge in [0.2, 0.25) is 5.75 Å². The second kappa shape index (κ2) is 6.04. The number of hydrogen-bond acceptors (Lipinski definition) is 5. The maximum absolute atomic E-state index is 13.1. The van der Waals surface area contributed by atoms with Crippen LogP contribution in [0.4, 0.5) is 8.78 Å². The Hall–Kier alpha value is -1.58. The van der Waals surface area contributed by atoms with Crippen molar-refractivity contribution >= 4 is 28.6 Å². The van der Waals surface area contributed by atoms with E-state index in [0.717, 1.165) is 0 Å². The molecule has 0 N–H and O–H groups in total. The van der Waals surface area contributed by atoms with Gasteiger partial charge < -0.3 is 18.9 Å². The molecule has 0 aromatic heterocycles. The summed E-state index contributed by atoms with van der Waals surface area (Å²) >= 11 is 1.90. The summed E-state index contributed by atoms with van der Waals surface area (Å²) in [5.74, 6) is -0.876. The molecule has 0 unspecified atom stereocenters. The van der Waals surface area contributed by atoms with Crippen LogP contribution in [-0.4, -0.2) is 25.5 Å². The Kier molecular flexibility index (Phi) is 4.55. The molecule has 1 aliphatic rings. The van der Waals surface area contributed by atoms with Crippen LogP contribution in [0.25, 0.3) is 0 Å². The molecule has 1 heterocycles. The second-order valence-electron chi connectivity index (χ2n) is 3.98. The number of rotatable bonds is 5. The Morgan fingerprint density at radius 3 is 2.81 bits per heavy atom. The molecule has 0 fully saturated rings. The molecule has 5 nitrogen and oxygen atoms in total. The first-order chi connectivity index (χ1) is 9.84. The van der Waals surface area contributed by atoms with Gasteiger partial charge in [0, 0.05) is 0 Å². The van der Waals surface area contributed by atoms with E-state index in [-0.39, 0.29) is 36.0 Å². The summed E-state index contributed by atoms with van der Waals surface area (Å²) in [7, 11) is 0. The van der Waals surface area contributed by atoms with Gasteiger partial charge in [0.15, 0.2) is 11.5 Å². The maximum Gasteiger partial charge on any atom is 0.586 e. The summed E-state index contributed by atoms with van der Waals surface area (Å²) in [5.41, 5.74) is 0.0657. The fraction of sp³-hybridized carbons (Fsp3) is 0.308. The van der Waals surface area contributed by atoms with Crippen molar-refractivity contribution in [2.24, 2.45) is 0 Å². The molecule has 0 bridgehead atoms. The summed E-state index contributed by atoms with van der Waals surface area (Å²) in [6, 6.07) is 2.89. The lowest BCUT2D eigenvalue weighted by molar-refractivity contribution is -0.287. The van der Waals surface area contributed by atoms with Crippen molar-refractivity contribution in [2.45, 2.75) is 13.2 Å². The van der Waals surface area contributed by atoms with Gasteiger partial charge >= 0.3 is 12.3 Å². The Labute approximate surface area is 132 Å². The number of carbonyl (C=O) groups excluding carboxylic acids is 1. The molecule has 8 heteroatoms. The first kappa shape index (κ1) is 15.8. The fourth-order valence-corrected chi connectivity index (χ4v) is 2.13. The van der Waals surface area contributed by atoms with Crippen molar-refractivity contribution < 1.29 is 32.5 Å². The molecule has 0 atom stereocenters. The quantitative estimate of drug-likeness (QED) is 0.423. The van der Waals surface area contributed by atoms with Crippen LogP contribution in [0.5, 0.6) is 17.2 Å². The van der Waals surface area contributed by atoms with Crippen LogP contribution >= 0.6 is 22.6 Å². The average molecular weight is 412 g/mol. The van der Waals surface area contributed by atoms with E-state index in [2.05, 4.69) is 16.1 Å². The van der Waals surface area contributed by atoms with Gasteiger partial charge in [-0.3, -0.25) is 0 Å². The molecular weight excluding hydrogens is 401 g/mol. The Bertz CT molecular complexity index is 588. The Balaban J connectivity index is 2.13. The minimum Gasteiger partial charge on any atom is -0.483 e. The first-order valence-electron chi connectivity index (χ1n) is 5.90. The number of halogens is 3. The highest BCUT2D eigenvalue weighted by Gasteiger charge is 2.45. The van der Waals surface area contributed by atoms with Crippen molar-refractivity contribution in [3.8, 4) is 17.2 Å². The van der Waals surface area contributed by atoms with Gasteiger partial charge in [-0.25, -0.2) is 4.79 Å². The van der Waals surface area contributed by atoms with Crippen molar-refractivity contribution in [3.63, 3.8) is 0 Å². The Morgan fingerprint density at radius 2 is 2.14 bits per heavy atom. The molecule has 21 heavy (non-hydrogen) atoms. The first-order valence-corrected chi connectivity index (χ1v) is 6.98. The van der Waals surface area contributed by atoms with Crippen molar-refractivity contribution in [2.75, 3.05) is 13.2 Å². The van der Waals surface area contributed by atoms with E-state index in [9.17, 15) is 13.6 Å². The smallest absolute Gasteiger partial charge is 0.483 e. The monoisotopic (exact) mass is 412 g/mol. The largest absolute Gasteiger partial charge is 0.586 e. The predicted octanol–water partition coefficient (Wildman–Crippen LogP) is 3.11. The molecule has 0 amide bonds. The number of ether oxygens (including phenoxy) is 4. The summed E-state index contributed by atoms with van der Waals surface area (Å²) in [6.45, 7) is 5.18. The van der Waals surface area contributed by atoms with Gasteiger partial charge in [0.1, 0.15) is 6.61 Å². The average Bonchev–Trinajstić information content (AvgIpc) is 2.72. The zero-order valence-corrected chi connectivity index (χ0v) is 13.1. The second-order valence-corrected chi connectivity index (χ2v) is 5.15. The normalized spacial score (nSPS) is 14.7. The van der Waals surface area contributed by atoms with Crippen LogP contribution in [0, 0.1) is 3.57 Å². The van der Waals surface area contributed by atoms with Crippen LogP contribution < -0.4 is 14.2 Å². The molecule has 1 aromatic rings. The molecule has 1 aromatic carbocycles. The standard InChI is InChI=1S/C13H11F2IO5/c1-3-18-12(17)7(2)6-19-10-8(16)4-5-9-11(10)21-13(14,15)20-9/h4-5H,2-3,6H2,1H3. The van der Waals surface area contributed by atoms with E-state index in [0.29, 0.717) is 3.57 Å². The van der Waals surface area contributed by atoms with Crippen LogP contribution in [0.15, 0.2) is 24.3 Å². The topological polar surface area (TPSA) is 54.0 Å². The third-order valence-electron chi connectivity index (χ3n) is 2.43. The van der Waals surface area contributed by atoms with E-state index in [4.69, 9.17) is 9.47 Å². The van der Waals surface area contributed by atoms with Gasteiger partial charge in [-0.15, -0.1) is 8.78 Å². The van der Waals surface area contributed by atoms with Crippen molar-refractivity contribution in [3.05, 3.63) is 27.9 Å². The molecule has 0 saturated carbocycles. The van der Waals surface area contributed by atoms with E-state index < -0.39 is 12.3 Å². The highest BCUT2D eigenvalue weighted by molar-refractivity contribution is 14.1. The Morgan fingerprint density at radius 1 is 1.43 bits per heavy atom. The predicted molar refractivity (Wildman–Crippen MR) is 76.6 cm³/mol. The molecule has 0 saturated heterocycles. The number of hydrogen-bond donors (Lipinski definition) is 0. The summed E-state index contributed by atoms with van der Waals surface area (Å²) in [5, 5.41) is 0. The lowest BCUT2D eigenvalue weighted by Crippen LogP contribution is -2.26. The highest BCUT2D eigenvalue weighted by Crippen LogP contribution is 2.48. The van der Waals surface area contributed by atoms with Crippen LogP contribution in [-0.2, 0) is 9.53 Å². The molecule has 0 radical (unpaired) electrons. The van der Waals surface area contributed by atoms with Gasteiger partial charge in [-0.1, -0.05) is 6.58 Å². The molecule has 2 rings (SSSR count). The zero-order chi connectivity index (χ0) is 15.6. The summed E-state index contributed by atoms with van der Waals surface area (Å²) in [4.78, 5) is 11.4. The highest BCUT2D eigenvalue weighted by atomic mass is 127. The third kappa shape index (κ3) is 3.55. The van der Waals surface area contributed by atoms with E-state index in [1.54, 1.807) is 6.92 Å². The fourth-order valence-electron chi connectivity index (χ4n) is 1.55. The molecule has 0 spiro atoms. The van der Waals surface area contributed by atoms with E-state index in [1.807, 2.05) is 22.6 Å². The van der Waals surface area contributed by atoms with Crippen LogP contribution in [0.3, 0.4) is 0 Å². The number of fused-ring (bicyclic) bond motifs is 1. The van der Waals surface area contributed by atoms with E-state index in [1.165, 1.54) is 12.1 Å². The van der Waals surface area contributed by atoms with Crippen LogP contribution in [0.2, 0.25) is 0 Å². The van der Waals surface area contributed by atoms with Crippen molar-refractivity contribution in [1.29, 1.82) is 0 Å². The van der Waals surface area contributed by atoms with Gasteiger partial charge in [-0.2, -0.15) is 0 Å². The minimum atomic E-state index is -3.73. The molecule has 1 aliphatic heterocycles. The summed E-state index contributed by atoms with van der Waals surface area (Å²) < 4.78 is 45.5. The number of benzene rings is 1.